The second-order valence-corrected chi connectivity index (χ2v) is 16.2. The van der Waals surface area contributed by atoms with Gasteiger partial charge in [-0.25, -0.2) is 4.98 Å². The van der Waals surface area contributed by atoms with Crippen LogP contribution in [0.1, 0.15) is 103 Å². The summed E-state index contributed by atoms with van der Waals surface area (Å²) in [6.07, 6.45) is 13.3. The number of fused-ring (bicyclic) bond motifs is 1. The van der Waals surface area contributed by atoms with Crippen molar-refractivity contribution in [1.82, 2.24) is 36.1 Å². The lowest BCUT2D eigenvalue weighted by Gasteiger charge is -2.38. The number of aromatic nitrogens is 2. The van der Waals surface area contributed by atoms with E-state index in [-0.39, 0.29) is 42.5 Å². The van der Waals surface area contributed by atoms with Crippen LogP contribution < -0.4 is 21.3 Å². The maximum atomic E-state index is 14.7. The van der Waals surface area contributed by atoms with E-state index in [1.165, 1.54) is 29.6 Å². The van der Waals surface area contributed by atoms with Gasteiger partial charge < -0.3 is 26.2 Å². The number of nitrogens with one attached hydrogen (secondary N) is 4. The Bertz CT molecular complexity index is 1570. The summed E-state index contributed by atoms with van der Waals surface area (Å²) in [6.45, 7) is 13.6. The minimum atomic E-state index is -1.03. The highest BCUT2D eigenvalue weighted by atomic mass is 16.2. The van der Waals surface area contributed by atoms with E-state index in [1.54, 1.807) is 0 Å². The van der Waals surface area contributed by atoms with Crippen LogP contribution in [0.15, 0.2) is 42.4 Å². The van der Waals surface area contributed by atoms with E-state index in [4.69, 9.17) is 0 Å². The maximum absolute atomic E-state index is 14.7. The molecule has 5 atom stereocenters. The number of amides is 5. The Morgan fingerprint density at radius 1 is 0.962 bits per heavy atom. The molecule has 0 radical (unpaired) electrons. The largest absolute Gasteiger partial charge is 0.346 e. The molecule has 282 valence electrons. The van der Waals surface area contributed by atoms with E-state index in [0.717, 1.165) is 62.5 Å². The predicted molar refractivity (Wildman–Crippen MR) is 194 cm³/mol. The Morgan fingerprint density at radius 2 is 1.67 bits per heavy atom. The molecule has 2 saturated carbocycles. The van der Waals surface area contributed by atoms with Gasteiger partial charge in [0.2, 0.25) is 23.5 Å². The number of ketones is 1. The number of hydrogen-bond acceptors (Lipinski definition) is 8. The summed E-state index contributed by atoms with van der Waals surface area (Å²) in [6, 6.07) is -3.95. The molecule has 13 nitrogen and oxygen atoms in total. The van der Waals surface area contributed by atoms with E-state index in [2.05, 4.69) is 37.8 Å². The molecule has 3 fully saturated rings. The first-order valence-electron chi connectivity index (χ1n) is 18.9. The third-order valence-electron chi connectivity index (χ3n) is 11.1. The van der Waals surface area contributed by atoms with Crippen LogP contribution in [0.25, 0.3) is 0 Å². The smallest absolute Gasteiger partial charge is 0.289 e. The van der Waals surface area contributed by atoms with Crippen molar-refractivity contribution in [2.24, 2.45) is 29.1 Å². The molecule has 0 aromatic carbocycles. The zero-order chi connectivity index (χ0) is 37.7. The van der Waals surface area contributed by atoms with Crippen molar-refractivity contribution in [3.05, 3.63) is 48.1 Å². The normalized spacial score (nSPS) is 22.0. The Kier molecular flexibility index (Phi) is 12.3. The quantitative estimate of drug-likeness (QED) is 0.158. The fourth-order valence-corrected chi connectivity index (χ4v) is 8.06. The van der Waals surface area contributed by atoms with Gasteiger partial charge in [0.1, 0.15) is 23.8 Å². The topological polar surface area (TPSA) is 180 Å². The number of carbonyl (C=O) groups is 6. The maximum Gasteiger partial charge on any atom is 0.289 e. The number of carbonyl (C=O) groups excluding carboxylic acids is 6. The van der Waals surface area contributed by atoms with Gasteiger partial charge in [-0.3, -0.25) is 33.8 Å². The molecule has 1 unspecified atom stereocenters. The minimum Gasteiger partial charge on any atom is -0.346 e. The standard InChI is InChI=1S/C39H55N7O6/c1-7-16-42-37(51)32(47)26(19-23-12-11-13-23)43-36(50)31-29-25(28(29)22(2)3)21-46(31)38(52)33(39(4,5)6)45-35(49)30(24-14-9-8-10-15-24)44-34(48)27-20-40-17-18-41-27/h7,17-18,20,22-26,30-31,33H,1,8-16,19,21H2,2-6H3,(H,42,51)(H,43,50)(H,44,48)(H,45,49)/t25-,26?,30+,31+,33-/m1/s1. The predicted octanol–water partition coefficient (Wildman–Crippen LogP) is 3.03. The number of Topliss-reactive ketones (excluding diaryl/α,β-unsaturated/α-hetero) is 1. The first-order valence-corrected chi connectivity index (χ1v) is 18.9. The molecule has 1 aromatic rings. The lowest BCUT2D eigenvalue weighted by molar-refractivity contribution is -0.145. The number of hydrogen-bond donors (Lipinski definition) is 4. The van der Waals surface area contributed by atoms with Crippen LogP contribution in [-0.4, -0.2) is 87.4 Å². The van der Waals surface area contributed by atoms with Gasteiger partial charge in [0, 0.05) is 31.4 Å². The molecular weight excluding hydrogens is 662 g/mol. The monoisotopic (exact) mass is 717 g/mol. The fraction of sp³-hybridized carbons (Fsp3) is 0.641. The Balaban J connectivity index is 1.39. The summed E-state index contributed by atoms with van der Waals surface area (Å²) in [7, 11) is 0. The van der Waals surface area contributed by atoms with Crippen molar-refractivity contribution in [2.75, 3.05) is 13.1 Å². The molecule has 13 heteroatoms. The van der Waals surface area contributed by atoms with Crippen LogP contribution in [0.3, 0.4) is 0 Å². The van der Waals surface area contributed by atoms with Crippen molar-refractivity contribution < 1.29 is 28.8 Å². The first kappa shape index (κ1) is 38.8. The third-order valence-corrected chi connectivity index (χ3v) is 11.1. The molecule has 2 heterocycles. The minimum absolute atomic E-state index is 0.0612. The van der Waals surface area contributed by atoms with Gasteiger partial charge in [-0.15, -0.1) is 6.58 Å². The Morgan fingerprint density at radius 3 is 2.25 bits per heavy atom. The second kappa shape index (κ2) is 16.5. The molecule has 52 heavy (non-hydrogen) atoms. The van der Waals surface area contributed by atoms with Crippen molar-refractivity contribution >= 4 is 35.3 Å². The molecule has 5 amide bonds. The molecule has 5 rings (SSSR count). The molecular formula is C39H55N7O6. The van der Waals surface area contributed by atoms with E-state index < -0.39 is 64.9 Å². The first-order chi connectivity index (χ1) is 24.7. The number of likely N-dealkylation sites (tertiary alicyclic amines) is 1. The number of nitrogens with zero attached hydrogens (tertiary/aromatic N) is 3. The van der Waals surface area contributed by atoms with Crippen LogP contribution in [-0.2, 0) is 24.0 Å². The van der Waals surface area contributed by atoms with Gasteiger partial charge >= 0.3 is 0 Å². The highest BCUT2D eigenvalue weighted by Gasteiger charge is 2.57. The van der Waals surface area contributed by atoms with Crippen LogP contribution in [0.4, 0.5) is 0 Å². The average Bonchev–Trinajstić information content (AvgIpc) is 3.68. The molecule has 0 bridgehead atoms. The highest BCUT2D eigenvalue weighted by molar-refractivity contribution is 6.38. The summed E-state index contributed by atoms with van der Waals surface area (Å²) in [5.41, 5.74) is 1.30. The van der Waals surface area contributed by atoms with Crippen LogP contribution in [0.5, 0.6) is 0 Å². The number of rotatable bonds is 15. The summed E-state index contributed by atoms with van der Waals surface area (Å²) < 4.78 is 0. The van der Waals surface area contributed by atoms with E-state index >= 15 is 0 Å². The zero-order valence-corrected chi connectivity index (χ0v) is 31.2. The van der Waals surface area contributed by atoms with Gasteiger partial charge in [0.25, 0.3) is 11.8 Å². The van der Waals surface area contributed by atoms with Gasteiger partial charge in [0.15, 0.2) is 0 Å². The Hall–Kier alpha value is -4.42. The lowest BCUT2D eigenvalue weighted by atomic mass is 9.80. The van der Waals surface area contributed by atoms with Crippen molar-refractivity contribution in [3.8, 4) is 0 Å². The van der Waals surface area contributed by atoms with Crippen molar-refractivity contribution in [2.45, 2.75) is 117 Å². The van der Waals surface area contributed by atoms with Gasteiger partial charge in [-0.05, 0) is 48.0 Å². The molecule has 0 spiro atoms. The molecule has 3 aliphatic carbocycles. The fourth-order valence-electron chi connectivity index (χ4n) is 8.06. The molecule has 4 N–H and O–H groups in total. The summed E-state index contributed by atoms with van der Waals surface area (Å²) in [5, 5.41) is 11.3. The lowest BCUT2D eigenvalue weighted by Crippen LogP contribution is -2.62. The summed E-state index contributed by atoms with van der Waals surface area (Å²) >= 11 is 0. The summed E-state index contributed by atoms with van der Waals surface area (Å²) in [4.78, 5) is 92.1. The van der Waals surface area contributed by atoms with Gasteiger partial charge in [-0.1, -0.05) is 84.8 Å². The van der Waals surface area contributed by atoms with Gasteiger partial charge in [0.05, 0.1) is 12.2 Å². The SMILES string of the molecule is C=CCNC(=O)C(=O)C(CC1CCC1)NC(=O)[C@@H]1C2=C(C(C)C)[C@H]2CN1C(=O)[C@@H](NC(=O)[C@@H](NC(=O)c1cnccn1)C1CCCCC1)C(C)(C)C. The van der Waals surface area contributed by atoms with Crippen LogP contribution in [0, 0.1) is 29.1 Å². The molecule has 1 aliphatic heterocycles. The molecule has 4 aliphatic rings. The van der Waals surface area contributed by atoms with Crippen molar-refractivity contribution in [1.29, 1.82) is 0 Å². The molecule has 1 aromatic heterocycles. The molecule has 1 saturated heterocycles. The Labute approximate surface area is 306 Å². The van der Waals surface area contributed by atoms with Gasteiger partial charge in [-0.2, -0.15) is 0 Å². The van der Waals surface area contributed by atoms with E-state index in [1.807, 2.05) is 34.6 Å². The second-order valence-electron chi connectivity index (χ2n) is 16.2. The summed E-state index contributed by atoms with van der Waals surface area (Å²) in [5.74, 6) is -3.24. The van der Waals surface area contributed by atoms with E-state index in [0.29, 0.717) is 6.42 Å². The average molecular weight is 718 g/mol. The zero-order valence-electron chi connectivity index (χ0n) is 31.2. The van der Waals surface area contributed by atoms with E-state index in [9.17, 15) is 28.8 Å². The van der Waals surface area contributed by atoms with Crippen molar-refractivity contribution in [3.63, 3.8) is 0 Å². The van der Waals surface area contributed by atoms with Crippen LogP contribution >= 0.6 is 0 Å². The van der Waals surface area contributed by atoms with Crippen LogP contribution in [0.2, 0.25) is 0 Å². The highest BCUT2D eigenvalue weighted by Crippen LogP contribution is 2.53. The third kappa shape index (κ3) is 8.78.